The van der Waals surface area contributed by atoms with Crippen molar-refractivity contribution in [3.63, 3.8) is 0 Å². The van der Waals surface area contributed by atoms with Gasteiger partial charge in [-0.15, -0.1) is 11.3 Å². The van der Waals surface area contributed by atoms with Gasteiger partial charge in [0.1, 0.15) is 23.5 Å². The van der Waals surface area contributed by atoms with Crippen molar-refractivity contribution in [1.29, 1.82) is 0 Å². The fraction of sp³-hybridized carbons (Fsp3) is 0.472. The fourth-order valence-corrected chi connectivity index (χ4v) is 9.81. The number of ether oxygens (including phenoxy) is 1. The van der Waals surface area contributed by atoms with E-state index in [1.807, 2.05) is 69.3 Å². The maximum atomic E-state index is 14.0. The Kier molecular flexibility index (Phi) is 18.4. The molecule has 70 heavy (non-hydrogen) atoms. The molecule has 13 nitrogen and oxygen atoms in total. The quantitative estimate of drug-likeness (QED) is 0.0586. The van der Waals surface area contributed by atoms with Gasteiger partial charge in [0, 0.05) is 49.5 Å². The molecule has 2 fully saturated rings. The van der Waals surface area contributed by atoms with Crippen molar-refractivity contribution in [1.82, 2.24) is 31.2 Å². The average molecular weight is 987 g/mol. The number of aliphatic hydroxyl groups is 1. The number of rotatable bonds is 19. The summed E-state index contributed by atoms with van der Waals surface area (Å²) in [7, 11) is 1.48. The number of aliphatic hydroxyl groups excluding tert-OH is 1. The number of benzene rings is 2. The highest BCUT2D eigenvalue weighted by molar-refractivity contribution is 7.13. The Morgan fingerprint density at radius 2 is 1.61 bits per heavy atom. The van der Waals surface area contributed by atoms with Gasteiger partial charge in [-0.25, -0.2) is 4.98 Å². The molecule has 6 rings (SSSR count). The zero-order valence-corrected chi connectivity index (χ0v) is 41.3. The topological polar surface area (TPSA) is 179 Å². The summed E-state index contributed by atoms with van der Waals surface area (Å²) in [5.74, 6) is -2.63. The number of unbranched alkanes of at least 4 members (excludes halogenated alkanes) is 1. The highest BCUT2D eigenvalue weighted by Gasteiger charge is 2.44. The van der Waals surface area contributed by atoms with Crippen molar-refractivity contribution >= 4 is 46.9 Å². The first kappa shape index (κ1) is 53.3. The number of halogens is 3. The second-order valence-corrected chi connectivity index (χ2v) is 20.3. The highest BCUT2D eigenvalue weighted by Crippen LogP contribution is 2.40. The number of hydrogen-bond donors (Lipinski definition) is 5. The van der Waals surface area contributed by atoms with Gasteiger partial charge in [-0.3, -0.25) is 24.0 Å². The van der Waals surface area contributed by atoms with E-state index in [9.17, 15) is 42.3 Å². The van der Waals surface area contributed by atoms with Gasteiger partial charge in [-0.2, -0.15) is 13.2 Å². The zero-order chi connectivity index (χ0) is 50.6. The number of aromatic nitrogens is 1. The summed E-state index contributed by atoms with van der Waals surface area (Å²) in [6, 6.07) is 17.0. The lowest BCUT2D eigenvalue weighted by Gasteiger charge is -2.35. The third-order valence-electron chi connectivity index (χ3n) is 12.9. The van der Waals surface area contributed by atoms with Crippen molar-refractivity contribution in [3.8, 4) is 16.2 Å². The summed E-state index contributed by atoms with van der Waals surface area (Å²) in [6.45, 7) is 8.29. The molecule has 0 radical (unpaired) electrons. The number of nitrogens with one attached hydrogen (secondary N) is 4. The number of amides is 5. The number of carbonyl (C=O) groups excluding carboxylic acids is 5. The van der Waals surface area contributed by atoms with Crippen LogP contribution in [-0.2, 0) is 38.7 Å². The van der Waals surface area contributed by atoms with Crippen LogP contribution in [0, 0.1) is 24.2 Å². The van der Waals surface area contributed by atoms with Crippen LogP contribution in [0.3, 0.4) is 0 Å². The summed E-state index contributed by atoms with van der Waals surface area (Å²) in [5.41, 5.74) is 4.73. The third kappa shape index (κ3) is 15.0. The molecule has 5 N–H and O–H groups in total. The summed E-state index contributed by atoms with van der Waals surface area (Å²) in [4.78, 5) is 73.5. The molecule has 1 aliphatic carbocycles. The van der Waals surface area contributed by atoms with Crippen molar-refractivity contribution in [2.45, 2.75) is 123 Å². The normalized spacial score (nSPS) is 18.8. The molecule has 2 aliphatic rings. The van der Waals surface area contributed by atoms with E-state index in [1.54, 1.807) is 29.5 Å². The summed E-state index contributed by atoms with van der Waals surface area (Å²) in [6.07, 6.45) is 2.32. The first-order valence-electron chi connectivity index (χ1n) is 23.9. The number of alkyl halides is 3. The van der Waals surface area contributed by atoms with E-state index < -0.39 is 47.5 Å². The van der Waals surface area contributed by atoms with Crippen molar-refractivity contribution in [3.05, 3.63) is 112 Å². The lowest BCUT2D eigenvalue weighted by Crippen LogP contribution is -2.57. The van der Waals surface area contributed by atoms with Crippen LogP contribution in [0.4, 0.5) is 13.2 Å². The van der Waals surface area contributed by atoms with Gasteiger partial charge in [0.05, 0.1) is 31.7 Å². The number of allylic oxidation sites excluding steroid dienone is 1. The van der Waals surface area contributed by atoms with Gasteiger partial charge in [0.2, 0.25) is 23.6 Å². The van der Waals surface area contributed by atoms with Gasteiger partial charge in [-0.05, 0) is 102 Å². The predicted octanol–water partition coefficient (Wildman–Crippen LogP) is 8.08. The molecule has 0 bridgehead atoms. The molecular weight excluding hydrogens is 922 g/mol. The molecule has 3 atom stereocenters. The number of thiophene rings is 1. The SMILES string of the molecule is COc1cnc(C(=O)NCc2cccc(CC(=O)NCCCCC(=O)N[C@H](C(=O)N3C[C@H](O)C[C@H]3C(=O)NCc3ccc(-c4sccc4C)cc3)C(C)(C)C)c2)cc1/C=C/[C@H]1CC[C@H](C(F)(F)F)CC1. The number of nitrogens with zero attached hydrogens (tertiary/aromatic N) is 2. The van der Waals surface area contributed by atoms with Crippen LogP contribution < -0.4 is 26.0 Å². The van der Waals surface area contributed by atoms with E-state index in [0.717, 1.165) is 22.3 Å². The Labute approximate surface area is 412 Å². The third-order valence-corrected chi connectivity index (χ3v) is 14.0. The van der Waals surface area contributed by atoms with Crippen LogP contribution in [0.2, 0.25) is 0 Å². The molecule has 4 aromatic rings. The molecule has 1 aliphatic heterocycles. The number of carbonyl (C=O) groups is 5. The molecule has 5 amide bonds. The monoisotopic (exact) mass is 986 g/mol. The maximum Gasteiger partial charge on any atom is 0.391 e. The first-order chi connectivity index (χ1) is 33.3. The lowest BCUT2D eigenvalue weighted by atomic mass is 9.81. The van der Waals surface area contributed by atoms with E-state index in [2.05, 4.69) is 44.6 Å². The Balaban J connectivity index is 0.911. The lowest BCUT2D eigenvalue weighted by molar-refractivity contribution is -0.183. The van der Waals surface area contributed by atoms with E-state index in [4.69, 9.17) is 4.74 Å². The van der Waals surface area contributed by atoms with E-state index >= 15 is 0 Å². The molecule has 0 spiro atoms. The molecular formula is C53H65F3N6O7S. The maximum absolute atomic E-state index is 14.0. The number of methoxy groups -OCH3 is 1. The molecule has 2 aromatic carbocycles. The minimum atomic E-state index is -4.17. The van der Waals surface area contributed by atoms with Gasteiger partial charge < -0.3 is 36.0 Å². The Bertz CT molecular complexity index is 2480. The fourth-order valence-electron chi connectivity index (χ4n) is 8.87. The van der Waals surface area contributed by atoms with Crippen LogP contribution in [-0.4, -0.2) is 89.1 Å². The van der Waals surface area contributed by atoms with E-state index in [0.29, 0.717) is 43.5 Å². The first-order valence-corrected chi connectivity index (χ1v) is 24.8. The number of aryl methyl sites for hydroxylation is 1. The number of hydrogen-bond acceptors (Lipinski definition) is 9. The minimum absolute atomic E-state index is 0.00706. The van der Waals surface area contributed by atoms with Crippen molar-refractivity contribution < 1.29 is 47.0 Å². The average Bonchev–Trinajstić information content (AvgIpc) is 3.95. The van der Waals surface area contributed by atoms with Gasteiger partial charge in [-0.1, -0.05) is 81.5 Å². The summed E-state index contributed by atoms with van der Waals surface area (Å²) >= 11 is 1.67. The van der Waals surface area contributed by atoms with Crippen LogP contribution in [0.1, 0.15) is 110 Å². The molecule has 1 saturated heterocycles. The second kappa shape index (κ2) is 24.2. The van der Waals surface area contributed by atoms with Crippen LogP contribution in [0.25, 0.3) is 16.5 Å². The molecule has 2 aromatic heterocycles. The molecule has 1 saturated carbocycles. The van der Waals surface area contributed by atoms with Crippen LogP contribution in [0.15, 0.2) is 78.3 Å². The Hall–Kier alpha value is -6.07. The number of pyridine rings is 1. The van der Waals surface area contributed by atoms with Crippen LogP contribution in [0.5, 0.6) is 5.75 Å². The van der Waals surface area contributed by atoms with Crippen molar-refractivity contribution in [2.75, 3.05) is 20.2 Å². The molecule has 3 heterocycles. The standard InChI is InChI=1S/C53H65F3N6O7S/c1-33-22-24-70-47(33)38-17-13-35(14-18-38)29-60-50(67)43-28-41(63)32-62(43)51(68)48(52(2,3)4)61-45(64)11-6-7-23-57-46(65)26-36-9-8-10-37(25-36)30-59-49(66)42-27-39(44(69-5)31-58-42)19-12-34-15-20-40(21-16-34)53(54,55)56/h8-10,12-14,17-19,22,24-25,27,31,34,40-41,43,48,63H,6-7,11,15-16,20-21,23,26,28-30,32H2,1-5H3,(H,57,65)(H,59,66)(H,60,67)(H,61,64)/b19-12+/t34-,40-,41-,43+,48-/m1/s1. The molecule has 0 unspecified atom stereocenters. The van der Waals surface area contributed by atoms with E-state index in [-0.39, 0.29) is 81.1 Å². The molecule has 376 valence electrons. The van der Waals surface area contributed by atoms with Gasteiger partial charge in [0.25, 0.3) is 5.91 Å². The molecule has 17 heteroatoms. The number of likely N-dealkylation sites (tertiary alicyclic amines) is 1. The van der Waals surface area contributed by atoms with E-state index in [1.165, 1.54) is 28.6 Å². The zero-order valence-electron chi connectivity index (χ0n) is 40.5. The smallest absolute Gasteiger partial charge is 0.391 e. The predicted molar refractivity (Wildman–Crippen MR) is 263 cm³/mol. The second-order valence-electron chi connectivity index (χ2n) is 19.4. The van der Waals surface area contributed by atoms with Crippen molar-refractivity contribution in [2.24, 2.45) is 17.3 Å². The summed E-state index contributed by atoms with van der Waals surface area (Å²) < 4.78 is 44.8. The number of β-amino-alcohol motifs (C(OH)–C–C–N with tert-alkyl or cyclic N) is 1. The highest BCUT2D eigenvalue weighted by atomic mass is 32.1. The van der Waals surface area contributed by atoms with Gasteiger partial charge in [0.15, 0.2) is 0 Å². The van der Waals surface area contributed by atoms with Crippen LogP contribution >= 0.6 is 11.3 Å². The van der Waals surface area contributed by atoms with Gasteiger partial charge >= 0.3 is 6.18 Å². The Morgan fingerprint density at radius 3 is 2.29 bits per heavy atom. The minimum Gasteiger partial charge on any atom is -0.495 e. The summed E-state index contributed by atoms with van der Waals surface area (Å²) in [5, 5.41) is 24.2. The Morgan fingerprint density at radius 1 is 0.900 bits per heavy atom. The largest absolute Gasteiger partial charge is 0.495 e.